The van der Waals surface area contributed by atoms with E-state index in [1.54, 1.807) is 24.3 Å². The molecule has 20 nitrogen and oxygen atoms in total. The molecule has 0 unspecified atom stereocenters. The number of methoxy groups -OCH3 is 2. The molecule has 0 spiro atoms. The molecule has 20 heteroatoms. The topological polar surface area (TPSA) is 264 Å². The van der Waals surface area contributed by atoms with E-state index in [0.717, 1.165) is 13.8 Å². The number of carbonyl (C=O) groups is 4. The number of nitrogens with zero attached hydrogens (tertiary/aromatic N) is 4. The van der Waals surface area contributed by atoms with E-state index in [4.69, 9.17) is 18.9 Å². The molecular weight excluding hydrogens is 784 g/mol. The van der Waals surface area contributed by atoms with Crippen molar-refractivity contribution >= 4 is 68.9 Å². The maximum absolute atomic E-state index is 13.1. The smallest absolute Gasteiger partial charge is 0.279 e. The van der Waals surface area contributed by atoms with Crippen LogP contribution in [0.2, 0.25) is 0 Å². The number of nitrogens with one attached hydrogen (secondary N) is 4. The lowest BCUT2D eigenvalue weighted by Crippen LogP contribution is -2.29. The Morgan fingerprint density at radius 2 is 0.933 bits per heavy atom. The van der Waals surface area contributed by atoms with Gasteiger partial charge >= 0.3 is 0 Å². The second-order valence-corrected chi connectivity index (χ2v) is 12.6. The molecule has 314 valence electrons. The van der Waals surface area contributed by atoms with Gasteiger partial charge in [0, 0.05) is 72.7 Å². The van der Waals surface area contributed by atoms with Crippen molar-refractivity contribution < 1.29 is 48.0 Å². The lowest BCUT2D eigenvalue weighted by atomic mass is 10.0. The summed E-state index contributed by atoms with van der Waals surface area (Å²) in [5, 5.41) is 35.2. The third-order valence-electron chi connectivity index (χ3n) is 8.16. The van der Waals surface area contributed by atoms with Crippen LogP contribution in [0.4, 0.5) is 34.1 Å². The van der Waals surface area contributed by atoms with Crippen LogP contribution >= 0.6 is 0 Å². The van der Waals surface area contributed by atoms with Gasteiger partial charge in [-0.1, -0.05) is 13.8 Å². The van der Waals surface area contributed by atoms with Gasteiger partial charge in [-0.25, -0.2) is 0 Å². The monoisotopic (exact) mass is 826 g/mol. The van der Waals surface area contributed by atoms with Crippen LogP contribution in [0, 0.1) is 20.2 Å². The minimum Gasteiger partial charge on any atom is -0.496 e. The van der Waals surface area contributed by atoms with E-state index in [9.17, 15) is 39.4 Å². The fourth-order valence-corrected chi connectivity index (χ4v) is 5.24. The van der Waals surface area contributed by atoms with Crippen molar-refractivity contribution in [3.05, 3.63) is 93.0 Å². The van der Waals surface area contributed by atoms with E-state index in [1.165, 1.54) is 62.8 Å². The molecule has 2 amide bonds. The van der Waals surface area contributed by atoms with Crippen LogP contribution in [0.1, 0.15) is 40.5 Å². The highest BCUT2D eigenvalue weighted by molar-refractivity contribution is 6.67. The van der Waals surface area contributed by atoms with Crippen LogP contribution in [-0.2, 0) is 19.2 Å². The molecule has 0 radical (unpaired) electrons. The van der Waals surface area contributed by atoms with Crippen molar-refractivity contribution in [2.45, 2.75) is 40.5 Å². The number of benzene rings is 4. The van der Waals surface area contributed by atoms with Gasteiger partial charge in [-0.15, -0.1) is 0 Å². The average molecular weight is 827 g/mol. The highest BCUT2D eigenvalue weighted by Gasteiger charge is 2.23. The summed E-state index contributed by atoms with van der Waals surface area (Å²) in [6, 6.07) is 16.4. The van der Waals surface area contributed by atoms with E-state index < -0.39 is 44.7 Å². The molecule has 0 saturated heterocycles. The zero-order chi connectivity index (χ0) is 43.9. The van der Waals surface area contributed by atoms with Gasteiger partial charge in [-0.3, -0.25) is 50.3 Å². The lowest BCUT2D eigenvalue weighted by molar-refractivity contribution is -0.385. The van der Waals surface area contributed by atoms with Crippen molar-refractivity contribution in [3.8, 4) is 34.1 Å². The Morgan fingerprint density at radius 3 is 1.22 bits per heavy atom. The summed E-state index contributed by atoms with van der Waals surface area (Å²) in [5.41, 5.74) is 5.88. The molecule has 4 rings (SSSR count). The van der Waals surface area contributed by atoms with Gasteiger partial charge < -0.3 is 29.6 Å². The lowest BCUT2D eigenvalue weighted by Gasteiger charge is -2.20. The molecule has 4 aromatic rings. The molecule has 0 atom stereocenters. The molecule has 4 aromatic carbocycles. The van der Waals surface area contributed by atoms with Gasteiger partial charge in [0.15, 0.2) is 23.0 Å². The van der Waals surface area contributed by atoms with E-state index in [-0.39, 0.29) is 70.3 Å². The molecule has 0 fully saturated rings. The van der Waals surface area contributed by atoms with E-state index >= 15 is 0 Å². The SMILES string of the molecule is CCCOc1cc(-c2cc(OCCC)c(N/N=C(\C(C)=O)C(=O)Nc3ccc([N+](=O)[O-])cc3)cc2OC)c(OC)cc1N/N=C(\C(C)=O)C(=O)Nc1ccc([N+](=O)[O-])cc1. The Balaban J connectivity index is 1.72. The first-order valence-corrected chi connectivity index (χ1v) is 18.2. The van der Waals surface area contributed by atoms with Crippen molar-refractivity contribution in [2.24, 2.45) is 10.2 Å². The van der Waals surface area contributed by atoms with Crippen molar-refractivity contribution in [1.29, 1.82) is 0 Å². The maximum Gasteiger partial charge on any atom is 0.279 e. The first-order valence-electron chi connectivity index (χ1n) is 18.2. The molecule has 0 aliphatic rings. The Kier molecular flexibility index (Phi) is 15.7. The van der Waals surface area contributed by atoms with Crippen LogP contribution in [0.15, 0.2) is 83.0 Å². The number of amides is 2. The number of hydrazone groups is 2. The number of carbonyl (C=O) groups excluding carboxylic acids is 4. The average Bonchev–Trinajstić information content (AvgIpc) is 3.22. The maximum atomic E-state index is 13.1. The Hall–Kier alpha value is -7.90. The normalized spacial score (nSPS) is 11.2. The predicted molar refractivity (Wildman–Crippen MR) is 223 cm³/mol. The molecule has 0 bridgehead atoms. The number of nitro benzene ring substituents is 2. The number of Topliss-reactive ketones (excluding diaryl/α,β-unsaturated/α-hetero) is 2. The molecule has 0 heterocycles. The van der Waals surface area contributed by atoms with Gasteiger partial charge in [-0.05, 0) is 49.2 Å². The van der Waals surface area contributed by atoms with Crippen LogP contribution in [0.5, 0.6) is 23.0 Å². The standard InChI is InChI=1S/C40H42N8O12/c1-7-17-59-35-19-29(33(57-5)21-31(35)43-45-37(23(3)49)39(51)41-25-9-13-27(14-10-25)47(53)54)30-20-36(60-18-8-2)32(22-34(30)58-6)44-46-38(24(4)50)40(52)42-26-11-15-28(16-12-26)48(55)56/h9-16,19-22,43-44H,7-8,17-18H2,1-6H3,(H,41,51)(H,42,52)/b45-37+,46-38+. The molecule has 0 saturated carbocycles. The number of hydrogen-bond acceptors (Lipinski definition) is 16. The van der Waals surface area contributed by atoms with Crippen molar-refractivity contribution in [1.82, 2.24) is 0 Å². The zero-order valence-corrected chi connectivity index (χ0v) is 33.4. The third-order valence-corrected chi connectivity index (χ3v) is 8.16. The second kappa shape index (κ2) is 21.0. The van der Waals surface area contributed by atoms with Crippen LogP contribution < -0.4 is 40.4 Å². The summed E-state index contributed by atoms with van der Waals surface area (Å²) >= 11 is 0. The van der Waals surface area contributed by atoms with Crippen LogP contribution in [0.3, 0.4) is 0 Å². The van der Waals surface area contributed by atoms with Crippen molar-refractivity contribution in [2.75, 3.05) is 48.9 Å². The first kappa shape index (κ1) is 44.8. The van der Waals surface area contributed by atoms with Crippen molar-refractivity contribution in [3.63, 3.8) is 0 Å². The highest BCUT2D eigenvalue weighted by Crippen LogP contribution is 2.46. The fourth-order valence-electron chi connectivity index (χ4n) is 5.24. The van der Waals surface area contributed by atoms with E-state index in [0.29, 0.717) is 24.0 Å². The fraction of sp³-hybridized carbons (Fsp3) is 0.250. The van der Waals surface area contributed by atoms with Crippen LogP contribution in [0.25, 0.3) is 11.1 Å². The summed E-state index contributed by atoms with van der Waals surface area (Å²) in [6.07, 6.45) is 1.24. The summed E-state index contributed by atoms with van der Waals surface area (Å²) in [6.45, 7) is 6.64. The molecule has 0 aliphatic heterocycles. The number of rotatable bonds is 21. The number of hydrogen-bond donors (Lipinski definition) is 4. The summed E-state index contributed by atoms with van der Waals surface area (Å²) in [4.78, 5) is 72.1. The third kappa shape index (κ3) is 11.6. The Bertz CT molecular complexity index is 2170. The number of ketones is 2. The van der Waals surface area contributed by atoms with Gasteiger partial charge in [0.2, 0.25) is 0 Å². The first-order chi connectivity index (χ1) is 28.7. The number of non-ortho nitro benzene ring substituents is 2. The number of ether oxygens (including phenoxy) is 4. The summed E-state index contributed by atoms with van der Waals surface area (Å²) in [5.74, 6) is -2.03. The predicted octanol–water partition coefficient (Wildman–Crippen LogP) is 6.76. The second-order valence-electron chi connectivity index (χ2n) is 12.6. The quantitative estimate of drug-likeness (QED) is 0.0293. The number of anilines is 4. The zero-order valence-electron chi connectivity index (χ0n) is 33.4. The molecular formula is C40H42N8O12. The van der Waals surface area contributed by atoms with Gasteiger partial charge in [-0.2, -0.15) is 10.2 Å². The summed E-state index contributed by atoms with van der Waals surface area (Å²) < 4.78 is 23.7. The molecule has 60 heavy (non-hydrogen) atoms. The Morgan fingerprint density at radius 1 is 0.583 bits per heavy atom. The molecule has 4 N–H and O–H groups in total. The molecule has 0 aliphatic carbocycles. The minimum absolute atomic E-state index is 0.180. The van der Waals surface area contributed by atoms with Gasteiger partial charge in [0.25, 0.3) is 23.2 Å². The molecule has 0 aromatic heterocycles. The van der Waals surface area contributed by atoms with Crippen LogP contribution in [-0.4, -0.2) is 72.1 Å². The van der Waals surface area contributed by atoms with E-state index in [1.807, 2.05) is 13.8 Å². The number of nitro groups is 2. The largest absolute Gasteiger partial charge is 0.496 e. The van der Waals surface area contributed by atoms with E-state index in [2.05, 4.69) is 31.7 Å². The van der Waals surface area contributed by atoms with Gasteiger partial charge in [0.05, 0.1) is 37.3 Å². The summed E-state index contributed by atoms with van der Waals surface area (Å²) in [7, 11) is 2.85. The van der Waals surface area contributed by atoms with Gasteiger partial charge in [0.1, 0.15) is 34.4 Å². The minimum atomic E-state index is -0.869. The Labute approximate surface area is 343 Å². The highest BCUT2D eigenvalue weighted by atomic mass is 16.6.